The second-order valence-corrected chi connectivity index (χ2v) is 7.51. The Morgan fingerprint density at radius 2 is 1.61 bits per heavy atom. The highest BCUT2D eigenvalue weighted by atomic mass is 19.1. The maximum Gasteiger partial charge on any atom is 0.319 e. The first kappa shape index (κ1) is 18.4. The van der Waals surface area contributed by atoms with Gasteiger partial charge in [0, 0.05) is 31.4 Å². The maximum absolute atomic E-state index is 12.9. The Morgan fingerprint density at radius 1 is 1.00 bits per heavy atom. The van der Waals surface area contributed by atoms with Gasteiger partial charge in [0.15, 0.2) is 0 Å². The second-order valence-electron chi connectivity index (χ2n) is 7.51. The molecule has 28 heavy (non-hydrogen) atoms. The summed E-state index contributed by atoms with van der Waals surface area (Å²) in [6, 6.07) is 13.1. The molecule has 6 nitrogen and oxygen atoms in total. The zero-order valence-electron chi connectivity index (χ0n) is 15.4. The van der Waals surface area contributed by atoms with Gasteiger partial charge in [-0.15, -0.1) is 0 Å². The monoisotopic (exact) mass is 382 g/mol. The van der Waals surface area contributed by atoms with Crippen molar-refractivity contribution in [1.29, 1.82) is 0 Å². The summed E-state index contributed by atoms with van der Waals surface area (Å²) in [6.07, 6.45) is 0.353. The molecule has 1 aliphatic heterocycles. The van der Waals surface area contributed by atoms with Gasteiger partial charge in [-0.25, -0.2) is 9.18 Å². The molecule has 0 radical (unpaired) electrons. The van der Waals surface area contributed by atoms with Crippen molar-refractivity contribution in [3.63, 3.8) is 0 Å². The van der Waals surface area contributed by atoms with Gasteiger partial charge in [-0.2, -0.15) is 0 Å². The molecule has 0 spiro atoms. The quantitative estimate of drug-likeness (QED) is 0.740. The van der Waals surface area contributed by atoms with Crippen molar-refractivity contribution < 1.29 is 14.0 Å². The van der Waals surface area contributed by atoms with Crippen LogP contribution >= 0.6 is 0 Å². The average molecular weight is 382 g/mol. The van der Waals surface area contributed by atoms with E-state index in [1.165, 1.54) is 12.1 Å². The Kier molecular flexibility index (Phi) is 5.00. The number of benzene rings is 2. The smallest absolute Gasteiger partial charge is 0.319 e. The third-order valence-corrected chi connectivity index (χ3v) is 5.55. The number of nitrogens with one attached hydrogen (secondary N) is 2. The predicted octanol–water partition coefficient (Wildman–Crippen LogP) is 2.11. The number of halogens is 1. The number of hydrogen-bond acceptors (Lipinski definition) is 3. The lowest BCUT2D eigenvalue weighted by Crippen LogP contribution is -2.34. The first-order chi connectivity index (χ1) is 13.5. The fourth-order valence-corrected chi connectivity index (χ4v) is 3.73. The highest BCUT2D eigenvalue weighted by molar-refractivity contribution is 5.89. The van der Waals surface area contributed by atoms with Crippen LogP contribution in [0.2, 0.25) is 0 Å². The molecular weight excluding hydrogens is 359 g/mol. The van der Waals surface area contributed by atoms with Crippen LogP contribution in [-0.4, -0.2) is 36.0 Å². The van der Waals surface area contributed by atoms with Crippen LogP contribution in [0.1, 0.15) is 11.1 Å². The van der Waals surface area contributed by atoms with Gasteiger partial charge in [-0.3, -0.25) is 4.79 Å². The van der Waals surface area contributed by atoms with E-state index in [9.17, 15) is 14.0 Å². The molecule has 2 fully saturated rings. The molecule has 1 saturated carbocycles. The van der Waals surface area contributed by atoms with E-state index in [2.05, 4.69) is 10.6 Å². The summed E-state index contributed by atoms with van der Waals surface area (Å²) in [5, 5.41) is 5.46. The minimum Gasteiger partial charge on any atom is -0.342 e. The molecule has 2 aliphatic rings. The number of piperidine rings is 1. The summed E-state index contributed by atoms with van der Waals surface area (Å²) in [6.45, 7) is 1.86. The van der Waals surface area contributed by atoms with Gasteiger partial charge in [0.1, 0.15) is 5.82 Å². The number of urea groups is 1. The Morgan fingerprint density at radius 3 is 2.25 bits per heavy atom. The molecule has 4 rings (SSSR count). The van der Waals surface area contributed by atoms with Gasteiger partial charge in [0.25, 0.3) is 0 Å². The number of rotatable bonds is 5. The average Bonchev–Trinajstić information content (AvgIpc) is 3.09. The number of nitrogens with two attached hydrogens (primary N) is 1. The predicted molar refractivity (Wildman–Crippen MR) is 104 cm³/mol. The van der Waals surface area contributed by atoms with E-state index in [1.54, 1.807) is 24.3 Å². The van der Waals surface area contributed by atoms with Crippen molar-refractivity contribution in [1.82, 2.24) is 10.2 Å². The Labute approximate surface area is 162 Å². The van der Waals surface area contributed by atoms with E-state index in [0.717, 1.165) is 24.2 Å². The molecule has 146 valence electrons. The number of hydrogen-bond donors (Lipinski definition) is 3. The molecule has 3 atom stereocenters. The number of anilines is 1. The van der Waals surface area contributed by atoms with Crippen LogP contribution in [-0.2, 0) is 17.8 Å². The molecule has 7 heteroatoms. The lowest BCUT2D eigenvalue weighted by Gasteiger charge is -2.19. The van der Waals surface area contributed by atoms with Crippen LogP contribution in [0.4, 0.5) is 14.9 Å². The molecular formula is C21H23FN4O2. The normalized spacial score (nSPS) is 22.5. The molecule has 1 saturated heterocycles. The van der Waals surface area contributed by atoms with E-state index >= 15 is 0 Å². The molecule has 2 aromatic rings. The number of carbonyl (C=O) groups is 2. The number of nitrogens with zero attached hydrogens (tertiary/aromatic N) is 1. The van der Waals surface area contributed by atoms with Crippen molar-refractivity contribution in [2.75, 3.05) is 18.4 Å². The summed E-state index contributed by atoms with van der Waals surface area (Å²) in [4.78, 5) is 26.3. The van der Waals surface area contributed by atoms with Crippen LogP contribution in [0.15, 0.2) is 48.5 Å². The van der Waals surface area contributed by atoms with E-state index in [1.807, 2.05) is 17.0 Å². The lowest BCUT2D eigenvalue weighted by atomic mass is 10.1. The van der Waals surface area contributed by atoms with Crippen molar-refractivity contribution in [2.45, 2.75) is 19.0 Å². The number of carbonyl (C=O) groups excluding carboxylic acids is 2. The second kappa shape index (κ2) is 7.59. The van der Waals surface area contributed by atoms with Crippen LogP contribution < -0.4 is 16.4 Å². The summed E-state index contributed by atoms with van der Waals surface area (Å²) in [5.74, 6) is 0.793. The number of likely N-dealkylation sites (tertiary alicyclic amines) is 1. The third kappa shape index (κ3) is 4.14. The van der Waals surface area contributed by atoms with Crippen molar-refractivity contribution in [3.05, 3.63) is 65.5 Å². The molecule has 0 unspecified atom stereocenters. The molecule has 2 aromatic carbocycles. The van der Waals surface area contributed by atoms with Crippen LogP contribution in [0.5, 0.6) is 0 Å². The minimum absolute atomic E-state index is 0.122. The van der Waals surface area contributed by atoms with Crippen molar-refractivity contribution in [2.24, 2.45) is 17.6 Å². The number of fused-ring (bicyclic) bond motifs is 1. The standard InChI is InChI=1S/C21H23FN4O2/c22-15-5-1-14(2-6-15)10-24-21(28)25-16-7-3-13(4-8-16)9-19(27)26-11-17-18(12-26)20(17)23/h1-8,17-18,20H,9-12,23H2,(H2,24,25,28)/t17-,18+,20+. The summed E-state index contributed by atoms with van der Waals surface area (Å²) in [7, 11) is 0. The molecule has 0 aromatic heterocycles. The fraction of sp³-hybridized carbons (Fsp3) is 0.333. The molecule has 1 aliphatic carbocycles. The zero-order chi connectivity index (χ0) is 19.7. The van der Waals surface area contributed by atoms with Gasteiger partial charge >= 0.3 is 6.03 Å². The summed E-state index contributed by atoms with van der Waals surface area (Å²) < 4.78 is 12.9. The van der Waals surface area contributed by atoms with Crippen molar-refractivity contribution in [3.8, 4) is 0 Å². The van der Waals surface area contributed by atoms with Crippen LogP contribution in [0, 0.1) is 17.7 Å². The van der Waals surface area contributed by atoms with E-state index < -0.39 is 0 Å². The minimum atomic E-state index is -0.346. The lowest BCUT2D eigenvalue weighted by molar-refractivity contribution is -0.129. The topological polar surface area (TPSA) is 87.5 Å². The largest absolute Gasteiger partial charge is 0.342 e. The number of amides is 3. The highest BCUT2D eigenvalue weighted by Gasteiger charge is 2.54. The van der Waals surface area contributed by atoms with Gasteiger partial charge in [-0.05, 0) is 47.2 Å². The van der Waals surface area contributed by atoms with Gasteiger partial charge in [0.05, 0.1) is 6.42 Å². The Bertz CT molecular complexity index is 857. The Hall–Kier alpha value is -2.93. The maximum atomic E-state index is 12.9. The van der Waals surface area contributed by atoms with Crippen LogP contribution in [0.3, 0.4) is 0 Å². The fourth-order valence-electron chi connectivity index (χ4n) is 3.73. The van der Waals surface area contributed by atoms with E-state index in [4.69, 9.17) is 5.73 Å². The van der Waals surface area contributed by atoms with Crippen molar-refractivity contribution >= 4 is 17.6 Å². The molecule has 3 amide bonds. The molecule has 4 N–H and O–H groups in total. The third-order valence-electron chi connectivity index (χ3n) is 5.55. The van der Waals surface area contributed by atoms with Gasteiger partial charge in [-0.1, -0.05) is 24.3 Å². The first-order valence-electron chi connectivity index (χ1n) is 9.41. The van der Waals surface area contributed by atoms with Gasteiger partial charge in [0.2, 0.25) is 5.91 Å². The Balaban J connectivity index is 1.23. The van der Waals surface area contributed by atoms with Crippen LogP contribution in [0.25, 0.3) is 0 Å². The first-order valence-corrected chi connectivity index (χ1v) is 9.41. The van der Waals surface area contributed by atoms with E-state index in [-0.39, 0.29) is 23.8 Å². The molecule has 0 bridgehead atoms. The summed E-state index contributed by atoms with van der Waals surface area (Å²) >= 11 is 0. The SMILES string of the molecule is N[C@@H]1[C@H]2CN(C(=O)Cc3ccc(NC(=O)NCc4ccc(F)cc4)cc3)C[C@@H]12. The van der Waals surface area contributed by atoms with Gasteiger partial charge < -0.3 is 21.3 Å². The van der Waals surface area contributed by atoms with E-state index in [0.29, 0.717) is 30.5 Å². The summed E-state index contributed by atoms with van der Waals surface area (Å²) in [5.41, 5.74) is 8.27. The highest BCUT2D eigenvalue weighted by Crippen LogP contribution is 2.43. The zero-order valence-corrected chi connectivity index (χ0v) is 15.4. The molecule has 1 heterocycles.